The number of phosphoric acid groups is 1. The first-order valence-corrected chi connectivity index (χ1v) is 21.3. The monoisotopic (exact) mass is 921 g/mol. The predicted octanol–water partition coefficient (Wildman–Crippen LogP) is 3.16. The van der Waals surface area contributed by atoms with Crippen LogP contribution in [0.5, 0.6) is 0 Å². The van der Waals surface area contributed by atoms with Gasteiger partial charge in [0, 0.05) is 14.0 Å². The molecule has 6 rings (SSSR count). The van der Waals surface area contributed by atoms with Gasteiger partial charge < -0.3 is 57.7 Å². The molecular weight excluding hydrogens is 877 g/mol. The molecule has 4 aromatic carbocycles. The van der Waals surface area contributed by atoms with Gasteiger partial charge >= 0.3 is 37.7 Å². The number of benzene rings is 4. The number of carbonyl (C=O) groups is 6. The molecule has 65 heavy (non-hydrogen) atoms. The molecule has 0 radical (unpaired) electrons. The second-order valence-corrected chi connectivity index (χ2v) is 15.5. The molecule has 0 saturated carbocycles. The maximum Gasteiger partial charge on any atom is 0.472 e. The summed E-state index contributed by atoms with van der Waals surface area (Å²) in [5.41, 5.74) is 0.156. The van der Waals surface area contributed by atoms with Crippen LogP contribution in [0, 0.1) is 0 Å². The Labute approximate surface area is 371 Å². The largest absolute Gasteiger partial charge is 0.472 e. The molecule has 21 heteroatoms. The van der Waals surface area contributed by atoms with Crippen LogP contribution in [-0.2, 0) is 61.3 Å². The number of amides is 1. The Bertz CT molecular complexity index is 2320. The molecule has 3 N–H and O–H groups in total. The van der Waals surface area contributed by atoms with E-state index in [0.29, 0.717) is 0 Å². The number of phosphoric ester groups is 1. The minimum Gasteiger partial charge on any atom is -0.467 e. The fourth-order valence-corrected chi connectivity index (χ4v) is 7.42. The first-order valence-electron chi connectivity index (χ1n) is 19.8. The van der Waals surface area contributed by atoms with Gasteiger partial charge in [0.2, 0.25) is 5.91 Å². The highest BCUT2D eigenvalue weighted by molar-refractivity contribution is 7.46. The summed E-state index contributed by atoms with van der Waals surface area (Å²) in [5.74, 6) is -5.83. The number of ether oxygens (including phenoxy) is 9. The van der Waals surface area contributed by atoms with Crippen LogP contribution in [0.1, 0.15) is 48.4 Å². The van der Waals surface area contributed by atoms with Gasteiger partial charge in [0.1, 0.15) is 31.0 Å². The summed E-state index contributed by atoms with van der Waals surface area (Å²) in [6, 6.07) is 28.6. The smallest absolute Gasteiger partial charge is 0.467 e. The molecule has 2 aliphatic heterocycles. The van der Waals surface area contributed by atoms with E-state index in [2.05, 4.69) is 5.32 Å². The summed E-state index contributed by atoms with van der Waals surface area (Å²) >= 11 is 0. The third-order valence-corrected chi connectivity index (χ3v) is 10.4. The van der Waals surface area contributed by atoms with E-state index in [1.165, 1.54) is 60.7 Å². The lowest BCUT2D eigenvalue weighted by Crippen LogP contribution is -2.69. The van der Waals surface area contributed by atoms with Crippen molar-refractivity contribution in [2.75, 3.05) is 20.8 Å². The standard InChI is InChI=1S/C44H44NO19P/c1-25(46)45-31-33(32(59-39(48)27-18-10-5-11-19-27)30(58-43(31)64-65(52,53)54)24-57-38(47)26-16-8-4-9-17-26)62-44-37(61-41(50)29-22-14-7-15-23-29)34(55-2)35(36(63-44)42(51)56-3)60-40(49)28-20-12-6-13-21-28/h4-23,30-37,43-44H,24H2,1-3H3,(H,45,46)(H2,52,53,54)/t30-,31-,32-,33-,34+,35+,36+,37-,43+,44-/m1/s1. The predicted molar refractivity (Wildman–Crippen MR) is 219 cm³/mol. The van der Waals surface area contributed by atoms with E-state index >= 15 is 0 Å². The average Bonchev–Trinajstić information content (AvgIpc) is 3.30. The lowest BCUT2D eigenvalue weighted by molar-refractivity contribution is -0.335. The Hall–Kier alpha value is -6.35. The minimum absolute atomic E-state index is 0.00666. The highest BCUT2D eigenvalue weighted by Gasteiger charge is 2.58. The lowest BCUT2D eigenvalue weighted by Gasteiger charge is -2.49. The number of methoxy groups -OCH3 is 2. The Morgan fingerprint density at radius 2 is 1.03 bits per heavy atom. The van der Waals surface area contributed by atoms with Crippen molar-refractivity contribution in [2.45, 2.75) is 68.3 Å². The molecule has 10 atom stereocenters. The van der Waals surface area contributed by atoms with Crippen molar-refractivity contribution in [3.63, 3.8) is 0 Å². The molecule has 0 aliphatic carbocycles. The Morgan fingerprint density at radius 3 is 1.46 bits per heavy atom. The Morgan fingerprint density at radius 1 is 0.585 bits per heavy atom. The second-order valence-electron chi connectivity index (χ2n) is 14.3. The average molecular weight is 922 g/mol. The van der Waals surface area contributed by atoms with Crippen molar-refractivity contribution in [3.8, 4) is 0 Å². The van der Waals surface area contributed by atoms with Crippen molar-refractivity contribution in [3.05, 3.63) is 144 Å². The zero-order chi connectivity index (χ0) is 46.7. The second kappa shape index (κ2) is 22.0. The van der Waals surface area contributed by atoms with E-state index in [4.69, 9.17) is 47.2 Å². The first-order chi connectivity index (χ1) is 31.2. The van der Waals surface area contributed by atoms with Crippen molar-refractivity contribution in [1.29, 1.82) is 0 Å². The summed E-state index contributed by atoms with van der Waals surface area (Å²) < 4.78 is 70.3. The summed E-state index contributed by atoms with van der Waals surface area (Å²) in [5, 5.41) is 2.44. The van der Waals surface area contributed by atoms with Crippen molar-refractivity contribution < 1.29 is 90.3 Å². The van der Waals surface area contributed by atoms with E-state index in [9.17, 15) is 43.1 Å². The normalized spacial score (nSPS) is 25.2. The van der Waals surface area contributed by atoms with Gasteiger partial charge in [0.15, 0.2) is 37.0 Å². The molecule has 0 spiro atoms. The zero-order valence-electron chi connectivity index (χ0n) is 34.8. The van der Waals surface area contributed by atoms with Crippen LogP contribution < -0.4 is 5.32 Å². The van der Waals surface area contributed by atoms with Gasteiger partial charge in [-0.3, -0.25) is 9.32 Å². The van der Waals surface area contributed by atoms with E-state index in [-0.39, 0.29) is 22.3 Å². The highest BCUT2D eigenvalue weighted by Crippen LogP contribution is 2.42. The van der Waals surface area contributed by atoms with Gasteiger partial charge in [-0.1, -0.05) is 72.8 Å². The SMILES string of the molecule is COC(=O)[C@H]1O[C@@H](O[C@@H]2[C@@H](NC(C)=O)[C@H](OP(=O)(O)O)O[C@H](COC(=O)c3ccccc3)[C@H]2OC(=O)c2ccccc2)[C@H](OC(=O)c2ccccc2)[C@@H](OC)[C@@H]1OC(=O)c1ccccc1. The number of hydrogen-bond donors (Lipinski definition) is 3. The topological polar surface area (TPSA) is 264 Å². The van der Waals surface area contributed by atoms with Gasteiger partial charge in [-0.05, 0) is 48.5 Å². The molecule has 0 unspecified atom stereocenters. The molecule has 20 nitrogen and oxygen atoms in total. The molecule has 0 bridgehead atoms. The van der Waals surface area contributed by atoms with Crippen LogP contribution in [-0.4, -0.2) is 128 Å². The number of nitrogens with one attached hydrogen (secondary N) is 1. The molecule has 1 amide bonds. The van der Waals surface area contributed by atoms with Crippen LogP contribution in [0.2, 0.25) is 0 Å². The van der Waals surface area contributed by atoms with Crippen LogP contribution in [0.15, 0.2) is 121 Å². The van der Waals surface area contributed by atoms with Gasteiger partial charge in [0.25, 0.3) is 0 Å². The molecule has 344 valence electrons. The van der Waals surface area contributed by atoms with Gasteiger partial charge in [-0.15, -0.1) is 0 Å². The molecule has 2 aliphatic rings. The molecule has 2 fully saturated rings. The van der Waals surface area contributed by atoms with Gasteiger partial charge in [0.05, 0.1) is 29.4 Å². The zero-order valence-corrected chi connectivity index (χ0v) is 35.7. The molecule has 0 aromatic heterocycles. The summed E-state index contributed by atoms with van der Waals surface area (Å²) in [6.07, 6.45) is -16.8. The molecule has 2 heterocycles. The number of carbonyl (C=O) groups excluding carboxylic acids is 6. The quantitative estimate of drug-likeness (QED) is 0.0828. The number of rotatable bonds is 16. The third kappa shape index (κ3) is 12.5. The number of esters is 5. The van der Waals surface area contributed by atoms with E-state index in [1.807, 2.05) is 0 Å². The summed E-state index contributed by atoms with van der Waals surface area (Å²) in [4.78, 5) is 101. The fraction of sp³-hybridized carbons (Fsp3) is 0.318. The van der Waals surface area contributed by atoms with Gasteiger partial charge in [-0.25, -0.2) is 28.5 Å². The Kier molecular flexibility index (Phi) is 16.3. The first kappa shape index (κ1) is 48.1. The van der Waals surface area contributed by atoms with E-state index in [1.54, 1.807) is 60.7 Å². The molecular formula is C44H44NO19P. The molecule has 2 saturated heterocycles. The minimum atomic E-state index is -5.52. The van der Waals surface area contributed by atoms with Crippen LogP contribution >= 0.6 is 7.82 Å². The lowest BCUT2D eigenvalue weighted by atomic mass is 9.94. The van der Waals surface area contributed by atoms with E-state index < -0.39 is 112 Å². The summed E-state index contributed by atoms with van der Waals surface area (Å²) in [7, 11) is -3.37. The maximum atomic E-state index is 13.9. The van der Waals surface area contributed by atoms with Crippen molar-refractivity contribution in [2.24, 2.45) is 0 Å². The number of hydrogen-bond acceptors (Lipinski definition) is 17. The van der Waals surface area contributed by atoms with Crippen molar-refractivity contribution in [1.82, 2.24) is 5.32 Å². The van der Waals surface area contributed by atoms with E-state index in [0.717, 1.165) is 21.1 Å². The van der Waals surface area contributed by atoms with Crippen LogP contribution in [0.3, 0.4) is 0 Å². The van der Waals surface area contributed by atoms with Crippen LogP contribution in [0.4, 0.5) is 0 Å². The Balaban J connectivity index is 1.47. The van der Waals surface area contributed by atoms with Gasteiger partial charge in [-0.2, -0.15) is 0 Å². The third-order valence-electron chi connectivity index (χ3n) is 9.90. The van der Waals surface area contributed by atoms with Crippen molar-refractivity contribution >= 4 is 43.6 Å². The maximum absolute atomic E-state index is 13.9. The van der Waals surface area contributed by atoms with Crippen LogP contribution in [0.25, 0.3) is 0 Å². The fourth-order valence-electron chi connectivity index (χ4n) is 6.97. The highest BCUT2D eigenvalue weighted by atomic mass is 31.2. The summed E-state index contributed by atoms with van der Waals surface area (Å²) in [6.45, 7) is 0.237. The molecule has 4 aromatic rings.